The second-order valence-electron chi connectivity index (χ2n) is 5.27. The number of aromatic nitrogens is 4. The molecule has 1 saturated carbocycles. The van der Waals surface area contributed by atoms with Gasteiger partial charge in [0.15, 0.2) is 11.5 Å². The lowest BCUT2D eigenvalue weighted by Crippen LogP contribution is -2.31. The van der Waals surface area contributed by atoms with Crippen molar-refractivity contribution >= 4 is 17.0 Å². The molecule has 0 aliphatic heterocycles. The standard InChI is InChI=1S/C13H14FN5O2/c1-2-13(5-20)4-7(3-8(13)21)19-6-16-9-10(15)17-12(14)18-11(9)19/h1,6-8,20-21H,3-5H2,(H2,15,17,18). The summed E-state index contributed by atoms with van der Waals surface area (Å²) < 4.78 is 15.0. The molecule has 2 heterocycles. The van der Waals surface area contributed by atoms with Crippen molar-refractivity contribution in [3.63, 3.8) is 0 Å². The molecule has 1 aliphatic rings. The van der Waals surface area contributed by atoms with Crippen LogP contribution in [0, 0.1) is 23.8 Å². The number of aliphatic hydroxyl groups is 2. The summed E-state index contributed by atoms with van der Waals surface area (Å²) in [6.45, 7) is -0.320. The molecule has 3 unspecified atom stereocenters. The van der Waals surface area contributed by atoms with Gasteiger partial charge in [-0.1, -0.05) is 5.92 Å². The number of nitrogen functional groups attached to an aromatic ring is 1. The van der Waals surface area contributed by atoms with Crippen LogP contribution in [0.3, 0.4) is 0 Å². The number of aliphatic hydroxyl groups excluding tert-OH is 2. The number of fused-ring (bicyclic) bond motifs is 1. The average molecular weight is 291 g/mol. The highest BCUT2D eigenvalue weighted by Crippen LogP contribution is 2.44. The Morgan fingerprint density at radius 3 is 2.95 bits per heavy atom. The van der Waals surface area contributed by atoms with E-state index in [4.69, 9.17) is 12.2 Å². The molecule has 4 N–H and O–H groups in total. The molecule has 110 valence electrons. The van der Waals surface area contributed by atoms with Gasteiger partial charge in [0, 0.05) is 6.04 Å². The van der Waals surface area contributed by atoms with Crippen LogP contribution in [0.5, 0.6) is 0 Å². The predicted octanol–water partition coefficient (Wildman–Crippen LogP) is -0.145. The Morgan fingerprint density at radius 1 is 1.57 bits per heavy atom. The summed E-state index contributed by atoms with van der Waals surface area (Å²) in [4.78, 5) is 11.2. The van der Waals surface area contributed by atoms with Gasteiger partial charge in [-0.25, -0.2) is 4.98 Å². The monoisotopic (exact) mass is 291 g/mol. The lowest BCUT2D eigenvalue weighted by molar-refractivity contribution is 0.0475. The van der Waals surface area contributed by atoms with Gasteiger partial charge < -0.3 is 20.5 Å². The number of nitrogens with two attached hydrogens (primary N) is 1. The molecular formula is C13H14FN5O2. The number of rotatable bonds is 2. The van der Waals surface area contributed by atoms with Crippen LogP contribution in [-0.2, 0) is 0 Å². The Balaban J connectivity index is 2.05. The summed E-state index contributed by atoms with van der Waals surface area (Å²) in [5.41, 5.74) is 5.16. The topological polar surface area (TPSA) is 110 Å². The van der Waals surface area contributed by atoms with E-state index >= 15 is 0 Å². The van der Waals surface area contributed by atoms with Gasteiger partial charge in [0.05, 0.1) is 24.5 Å². The Labute approximate surface area is 119 Å². The van der Waals surface area contributed by atoms with E-state index < -0.39 is 17.6 Å². The van der Waals surface area contributed by atoms with Crippen molar-refractivity contribution in [2.24, 2.45) is 5.41 Å². The van der Waals surface area contributed by atoms with Crippen molar-refractivity contribution in [2.75, 3.05) is 12.3 Å². The lowest BCUT2D eigenvalue weighted by atomic mass is 9.86. The summed E-state index contributed by atoms with van der Waals surface area (Å²) in [5.74, 6) is 2.43. The summed E-state index contributed by atoms with van der Waals surface area (Å²) in [7, 11) is 0. The Morgan fingerprint density at radius 2 is 2.33 bits per heavy atom. The smallest absolute Gasteiger partial charge is 0.312 e. The number of anilines is 1. The molecule has 0 amide bonds. The van der Waals surface area contributed by atoms with E-state index in [1.807, 2.05) is 0 Å². The molecule has 0 bridgehead atoms. The molecule has 3 atom stereocenters. The summed E-state index contributed by atoms with van der Waals surface area (Å²) in [6.07, 6.45) is 5.79. The van der Waals surface area contributed by atoms with E-state index in [0.717, 1.165) is 0 Å². The molecule has 0 spiro atoms. The largest absolute Gasteiger partial charge is 0.395 e. The minimum atomic E-state index is -1.00. The van der Waals surface area contributed by atoms with Gasteiger partial charge in [-0.3, -0.25) is 0 Å². The second kappa shape index (κ2) is 4.65. The van der Waals surface area contributed by atoms with Gasteiger partial charge in [0.2, 0.25) is 0 Å². The third kappa shape index (κ3) is 1.93. The molecule has 7 nitrogen and oxygen atoms in total. The molecule has 3 rings (SSSR count). The van der Waals surface area contributed by atoms with E-state index in [2.05, 4.69) is 20.9 Å². The van der Waals surface area contributed by atoms with E-state index in [1.165, 1.54) is 6.33 Å². The van der Waals surface area contributed by atoms with E-state index in [9.17, 15) is 14.6 Å². The number of halogens is 1. The molecule has 2 aromatic rings. The summed E-state index contributed by atoms with van der Waals surface area (Å²) in [6, 6.07) is -0.248. The molecule has 1 aliphatic carbocycles. The molecule has 0 radical (unpaired) electrons. The van der Waals surface area contributed by atoms with Gasteiger partial charge in [-0.15, -0.1) is 6.42 Å². The molecule has 1 fully saturated rings. The average Bonchev–Trinajstić information content (AvgIpc) is 3.00. The lowest BCUT2D eigenvalue weighted by Gasteiger charge is -2.23. The van der Waals surface area contributed by atoms with Crippen LogP contribution < -0.4 is 5.73 Å². The van der Waals surface area contributed by atoms with Crippen LogP contribution in [0.4, 0.5) is 10.2 Å². The second-order valence-corrected chi connectivity index (χ2v) is 5.27. The fraction of sp³-hybridized carbons (Fsp3) is 0.462. The van der Waals surface area contributed by atoms with E-state index in [-0.39, 0.29) is 24.1 Å². The van der Waals surface area contributed by atoms with Crippen molar-refractivity contribution in [3.8, 4) is 12.3 Å². The fourth-order valence-corrected chi connectivity index (χ4v) is 2.88. The van der Waals surface area contributed by atoms with Crippen LogP contribution in [0.2, 0.25) is 0 Å². The normalized spacial score (nSPS) is 28.9. The first kappa shape index (κ1) is 13.7. The fourth-order valence-electron chi connectivity index (χ4n) is 2.88. The minimum Gasteiger partial charge on any atom is -0.395 e. The molecule has 8 heteroatoms. The van der Waals surface area contributed by atoms with Gasteiger partial charge in [0.25, 0.3) is 0 Å². The molecule has 0 aromatic carbocycles. The van der Waals surface area contributed by atoms with Crippen molar-refractivity contribution in [1.29, 1.82) is 0 Å². The summed E-state index contributed by atoms with van der Waals surface area (Å²) in [5, 5.41) is 19.6. The van der Waals surface area contributed by atoms with Crippen molar-refractivity contribution in [3.05, 3.63) is 12.4 Å². The van der Waals surface area contributed by atoms with E-state index in [0.29, 0.717) is 18.4 Å². The van der Waals surface area contributed by atoms with Crippen molar-refractivity contribution < 1.29 is 14.6 Å². The number of terminal acetylenes is 1. The third-order valence-corrected chi connectivity index (χ3v) is 4.12. The number of hydrogen-bond acceptors (Lipinski definition) is 6. The molecule has 21 heavy (non-hydrogen) atoms. The highest BCUT2D eigenvalue weighted by Gasteiger charge is 2.46. The highest BCUT2D eigenvalue weighted by molar-refractivity contribution is 5.81. The quantitative estimate of drug-likeness (QED) is 0.524. The number of hydrogen-bond donors (Lipinski definition) is 3. The minimum absolute atomic E-state index is 0.0415. The van der Waals surface area contributed by atoms with Crippen molar-refractivity contribution in [1.82, 2.24) is 19.5 Å². The maximum Gasteiger partial charge on any atom is 0.312 e. The third-order valence-electron chi connectivity index (χ3n) is 4.12. The van der Waals surface area contributed by atoms with Gasteiger partial charge in [-0.2, -0.15) is 14.4 Å². The first-order chi connectivity index (χ1) is 10.0. The number of nitrogens with zero attached hydrogens (tertiary/aromatic N) is 4. The first-order valence-corrected chi connectivity index (χ1v) is 6.43. The zero-order chi connectivity index (χ0) is 15.2. The SMILES string of the molecule is C#CC1(CO)CC(n2cnc3c(N)nc(F)nc32)CC1O. The summed E-state index contributed by atoms with van der Waals surface area (Å²) >= 11 is 0. The Kier molecular flexibility index (Phi) is 3.04. The Hall–Kier alpha value is -2.24. The van der Waals surface area contributed by atoms with Gasteiger partial charge in [-0.05, 0) is 12.8 Å². The molecule has 2 aromatic heterocycles. The van der Waals surface area contributed by atoms with Crippen LogP contribution in [-0.4, -0.2) is 42.4 Å². The molecular weight excluding hydrogens is 277 g/mol. The molecule has 0 saturated heterocycles. The zero-order valence-electron chi connectivity index (χ0n) is 11.1. The van der Waals surface area contributed by atoms with E-state index in [1.54, 1.807) is 4.57 Å². The van der Waals surface area contributed by atoms with Crippen LogP contribution in [0.15, 0.2) is 6.33 Å². The van der Waals surface area contributed by atoms with Crippen LogP contribution in [0.1, 0.15) is 18.9 Å². The maximum absolute atomic E-state index is 13.3. The van der Waals surface area contributed by atoms with Gasteiger partial charge >= 0.3 is 6.08 Å². The predicted molar refractivity (Wildman–Crippen MR) is 72.3 cm³/mol. The van der Waals surface area contributed by atoms with Gasteiger partial charge in [0.1, 0.15) is 5.52 Å². The Bertz CT molecular complexity index is 740. The first-order valence-electron chi connectivity index (χ1n) is 6.43. The number of imidazole rings is 1. The highest BCUT2D eigenvalue weighted by atomic mass is 19.1. The van der Waals surface area contributed by atoms with Crippen molar-refractivity contribution in [2.45, 2.75) is 25.0 Å². The zero-order valence-corrected chi connectivity index (χ0v) is 11.1. The van der Waals surface area contributed by atoms with Crippen LogP contribution >= 0.6 is 0 Å². The van der Waals surface area contributed by atoms with Crippen LogP contribution in [0.25, 0.3) is 11.2 Å². The maximum atomic E-state index is 13.3.